The molecule has 0 aliphatic carbocycles. The van der Waals surface area contributed by atoms with E-state index in [9.17, 15) is 4.79 Å². The largest absolute Gasteiger partial charge is 0.325 e. The smallest absolute Gasteiger partial charge is 0.238 e. The Balaban J connectivity index is 1.99. The molecule has 0 aliphatic heterocycles. The van der Waals surface area contributed by atoms with Crippen LogP contribution in [0.4, 0.5) is 5.69 Å². The number of hydrogen-bond acceptors (Lipinski definition) is 3. The van der Waals surface area contributed by atoms with Crippen molar-refractivity contribution < 1.29 is 4.79 Å². The van der Waals surface area contributed by atoms with E-state index in [0.717, 1.165) is 11.3 Å². The van der Waals surface area contributed by atoms with Crippen LogP contribution in [0.3, 0.4) is 0 Å². The molecular formula is C18H23IN2OS. The lowest BCUT2D eigenvalue weighted by atomic mass is 9.86. The van der Waals surface area contributed by atoms with E-state index in [1.165, 1.54) is 8.45 Å². The summed E-state index contributed by atoms with van der Waals surface area (Å²) in [6.45, 7) is 8.86. The standard InChI is InChI=1S/C18H23IN2OS/c1-12-10-13(19)7-8-14(12)21-16(22)11-20-17(18(2,3)4)15-6-5-9-23-15/h5-10,17,20H,11H2,1-4H3,(H,21,22). The second-order valence-electron chi connectivity index (χ2n) is 6.70. The molecule has 2 N–H and O–H groups in total. The maximum Gasteiger partial charge on any atom is 0.238 e. The molecule has 124 valence electrons. The van der Waals surface area contributed by atoms with Gasteiger partial charge in [-0.05, 0) is 70.1 Å². The summed E-state index contributed by atoms with van der Waals surface area (Å²) in [6.07, 6.45) is 0. The molecule has 1 heterocycles. The zero-order valence-electron chi connectivity index (χ0n) is 13.9. The number of carbonyl (C=O) groups excluding carboxylic acids is 1. The van der Waals surface area contributed by atoms with Gasteiger partial charge in [-0.2, -0.15) is 0 Å². The fourth-order valence-corrected chi connectivity index (χ4v) is 4.14. The van der Waals surface area contributed by atoms with Gasteiger partial charge in [0.2, 0.25) is 5.91 Å². The van der Waals surface area contributed by atoms with Crippen molar-refractivity contribution in [3.8, 4) is 0 Å². The number of nitrogens with one attached hydrogen (secondary N) is 2. The quantitative estimate of drug-likeness (QED) is 0.642. The van der Waals surface area contributed by atoms with Gasteiger partial charge in [0.1, 0.15) is 0 Å². The van der Waals surface area contributed by atoms with E-state index in [1.54, 1.807) is 11.3 Å². The molecule has 0 saturated carbocycles. The van der Waals surface area contributed by atoms with Gasteiger partial charge in [-0.1, -0.05) is 26.8 Å². The SMILES string of the molecule is Cc1cc(I)ccc1NC(=O)CNC(c1cccs1)C(C)(C)C. The van der Waals surface area contributed by atoms with Crippen molar-refractivity contribution in [1.82, 2.24) is 5.32 Å². The summed E-state index contributed by atoms with van der Waals surface area (Å²) in [4.78, 5) is 13.5. The molecule has 1 aromatic carbocycles. The van der Waals surface area contributed by atoms with Crippen LogP contribution in [0.1, 0.15) is 37.3 Å². The first-order chi connectivity index (χ1) is 10.8. The average Bonchev–Trinajstić information content (AvgIpc) is 2.94. The maximum atomic E-state index is 12.3. The highest BCUT2D eigenvalue weighted by atomic mass is 127. The molecule has 1 unspecified atom stereocenters. The Morgan fingerprint density at radius 2 is 2.04 bits per heavy atom. The molecule has 3 nitrogen and oxygen atoms in total. The van der Waals surface area contributed by atoms with Gasteiger partial charge < -0.3 is 10.6 Å². The number of thiophene rings is 1. The van der Waals surface area contributed by atoms with E-state index in [2.05, 4.69) is 77.6 Å². The van der Waals surface area contributed by atoms with Crippen LogP contribution >= 0.6 is 33.9 Å². The Morgan fingerprint density at radius 1 is 1.30 bits per heavy atom. The third-order valence-electron chi connectivity index (χ3n) is 3.62. The van der Waals surface area contributed by atoms with Gasteiger partial charge in [0.05, 0.1) is 6.54 Å². The van der Waals surface area contributed by atoms with Crippen molar-refractivity contribution in [2.75, 3.05) is 11.9 Å². The van der Waals surface area contributed by atoms with E-state index < -0.39 is 0 Å². The van der Waals surface area contributed by atoms with Crippen molar-refractivity contribution in [3.63, 3.8) is 0 Å². The van der Waals surface area contributed by atoms with E-state index >= 15 is 0 Å². The molecule has 1 atom stereocenters. The Bertz CT molecular complexity index is 662. The summed E-state index contributed by atoms with van der Waals surface area (Å²) in [7, 11) is 0. The van der Waals surface area contributed by atoms with Gasteiger partial charge in [0.25, 0.3) is 0 Å². The first-order valence-corrected chi connectivity index (χ1v) is 9.56. The molecule has 23 heavy (non-hydrogen) atoms. The summed E-state index contributed by atoms with van der Waals surface area (Å²) in [5.41, 5.74) is 2.00. The molecule has 0 radical (unpaired) electrons. The lowest BCUT2D eigenvalue weighted by Gasteiger charge is -2.30. The highest BCUT2D eigenvalue weighted by Crippen LogP contribution is 2.34. The Kier molecular flexibility index (Phi) is 6.22. The minimum atomic E-state index is -0.0138. The molecule has 0 fully saturated rings. The van der Waals surface area contributed by atoms with Crippen molar-refractivity contribution in [2.45, 2.75) is 33.7 Å². The summed E-state index contributed by atoms with van der Waals surface area (Å²) >= 11 is 3.99. The zero-order valence-corrected chi connectivity index (χ0v) is 16.9. The normalized spacial score (nSPS) is 12.9. The molecule has 0 aliphatic rings. The van der Waals surface area contributed by atoms with Crippen LogP contribution in [0, 0.1) is 15.9 Å². The molecule has 5 heteroatoms. The van der Waals surface area contributed by atoms with E-state index in [4.69, 9.17) is 0 Å². The van der Waals surface area contributed by atoms with Crippen LogP contribution in [0.2, 0.25) is 0 Å². The number of rotatable bonds is 5. The number of halogens is 1. The average molecular weight is 442 g/mol. The molecule has 0 bridgehead atoms. The third-order valence-corrected chi connectivity index (χ3v) is 5.23. The van der Waals surface area contributed by atoms with Gasteiger partial charge >= 0.3 is 0 Å². The van der Waals surface area contributed by atoms with Gasteiger partial charge in [0.15, 0.2) is 0 Å². The predicted molar refractivity (Wildman–Crippen MR) is 107 cm³/mol. The fraction of sp³-hybridized carbons (Fsp3) is 0.389. The fourth-order valence-electron chi connectivity index (χ4n) is 2.45. The van der Waals surface area contributed by atoms with Crippen LogP contribution in [0.5, 0.6) is 0 Å². The number of amides is 1. The monoisotopic (exact) mass is 442 g/mol. The predicted octanol–water partition coefficient (Wildman–Crippen LogP) is 4.98. The second-order valence-corrected chi connectivity index (χ2v) is 8.93. The summed E-state index contributed by atoms with van der Waals surface area (Å²) in [5, 5.41) is 8.47. The van der Waals surface area contributed by atoms with Crippen molar-refractivity contribution in [1.29, 1.82) is 0 Å². The lowest BCUT2D eigenvalue weighted by Crippen LogP contribution is -2.37. The third kappa shape index (κ3) is 5.29. The Hall–Kier alpha value is -0.920. The van der Waals surface area contributed by atoms with Gasteiger partial charge in [-0.15, -0.1) is 11.3 Å². The number of hydrogen-bond donors (Lipinski definition) is 2. The van der Waals surface area contributed by atoms with Crippen molar-refractivity contribution in [2.24, 2.45) is 5.41 Å². The molecule has 2 rings (SSSR count). The van der Waals surface area contributed by atoms with Crippen molar-refractivity contribution in [3.05, 3.63) is 49.7 Å². The lowest BCUT2D eigenvalue weighted by molar-refractivity contribution is -0.115. The van der Waals surface area contributed by atoms with E-state index in [1.807, 2.05) is 19.1 Å². The molecule has 1 amide bonds. The van der Waals surface area contributed by atoms with Crippen LogP contribution in [0.25, 0.3) is 0 Å². The number of aryl methyl sites for hydroxylation is 1. The van der Waals surface area contributed by atoms with Crippen LogP contribution < -0.4 is 10.6 Å². The minimum Gasteiger partial charge on any atom is -0.325 e. The van der Waals surface area contributed by atoms with Crippen LogP contribution in [0.15, 0.2) is 35.7 Å². The highest BCUT2D eigenvalue weighted by Gasteiger charge is 2.27. The first-order valence-electron chi connectivity index (χ1n) is 7.60. The Labute approximate surface area is 156 Å². The minimum absolute atomic E-state index is 0.0138. The molecular weight excluding hydrogens is 419 g/mol. The van der Waals surface area contributed by atoms with E-state index in [0.29, 0.717) is 6.54 Å². The van der Waals surface area contributed by atoms with Crippen LogP contribution in [-0.2, 0) is 4.79 Å². The topological polar surface area (TPSA) is 41.1 Å². The highest BCUT2D eigenvalue weighted by molar-refractivity contribution is 14.1. The summed E-state index contributed by atoms with van der Waals surface area (Å²) in [6, 6.07) is 10.3. The molecule has 0 saturated heterocycles. The molecule has 1 aromatic heterocycles. The summed E-state index contributed by atoms with van der Waals surface area (Å²) in [5.74, 6) is -0.0138. The number of anilines is 1. The molecule has 2 aromatic rings. The number of benzene rings is 1. The zero-order chi connectivity index (χ0) is 17.0. The molecule has 0 spiro atoms. The Morgan fingerprint density at radius 3 is 2.61 bits per heavy atom. The number of carbonyl (C=O) groups is 1. The first kappa shape index (κ1) is 18.4. The van der Waals surface area contributed by atoms with Crippen LogP contribution in [-0.4, -0.2) is 12.5 Å². The van der Waals surface area contributed by atoms with Gasteiger partial charge in [-0.3, -0.25) is 4.79 Å². The summed E-state index contributed by atoms with van der Waals surface area (Å²) < 4.78 is 1.17. The second kappa shape index (κ2) is 7.77. The van der Waals surface area contributed by atoms with Gasteiger partial charge in [-0.25, -0.2) is 0 Å². The van der Waals surface area contributed by atoms with Gasteiger partial charge in [0, 0.05) is 20.2 Å². The van der Waals surface area contributed by atoms with Crippen molar-refractivity contribution >= 4 is 45.5 Å². The van der Waals surface area contributed by atoms with E-state index in [-0.39, 0.29) is 17.4 Å². The maximum absolute atomic E-state index is 12.3.